The fourth-order valence-electron chi connectivity index (χ4n) is 2.74. The van der Waals surface area contributed by atoms with Crippen LogP contribution in [0.25, 0.3) is 11.1 Å². The zero-order chi connectivity index (χ0) is 13.5. The van der Waals surface area contributed by atoms with Gasteiger partial charge in [0.25, 0.3) is 0 Å². The SMILES string of the molecule is COc1ccc2nc(C3(N)CCC(C)CC3)oc2c1. The zero-order valence-electron chi connectivity index (χ0n) is 11.5. The molecule has 0 radical (unpaired) electrons. The van der Waals surface area contributed by atoms with Crippen LogP contribution < -0.4 is 10.5 Å². The van der Waals surface area contributed by atoms with Crippen molar-refractivity contribution in [1.82, 2.24) is 4.98 Å². The lowest BCUT2D eigenvalue weighted by Crippen LogP contribution is -2.40. The maximum atomic E-state index is 6.49. The second kappa shape index (κ2) is 4.53. The second-order valence-electron chi connectivity index (χ2n) is 5.69. The Hall–Kier alpha value is -1.55. The van der Waals surface area contributed by atoms with E-state index in [-0.39, 0.29) is 0 Å². The summed E-state index contributed by atoms with van der Waals surface area (Å²) in [5.41, 5.74) is 7.68. The fourth-order valence-corrected chi connectivity index (χ4v) is 2.74. The van der Waals surface area contributed by atoms with E-state index in [0.29, 0.717) is 5.89 Å². The Kier molecular flexibility index (Phi) is 2.97. The number of aromatic nitrogens is 1. The Morgan fingerprint density at radius 3 is 2.79 bits per heavy atom. The molecule has 1 aliphatic carbocycles. The van der Waals surface area contributed by atoms with Crippen molar-refractivity contribution >= 4 is 11.1 Å². The molecule has 0 atom stereocenters. The number of methoxy groups -OCH3 is 1. The summed E-state index contributed by atoms with van der Waals surface area (Å²) in [4.78, 5) is 4.56. The highest BCUT2D eigenvalue weighted by Crippen LogP contribution is 2.38. The first kappa shape index (κ1) is 12.5. The number of hydrogen-bond donors (Lipinski definition) is 1. The van der Waals surface area contributed by atoms with Crippen molar-refractivity contribution in [1.29, 1.82) is 0 Å². The first-order valence-corrected chi connectivity index (χ1v) is 6.85. The third-order valence-electron chi connectivity index (χ3n) is 4.19. The van der Waals surface area contributed by atoms with E-state index in [1.165, 1.54) is 0 Å². The molecule has 2 aromatic rings. The predicted octanol–water partition coefficient (Wildman–Crippen LogP) is 3.20. The summed E-state index contributed by atoms with van der Waals surface area (Å²) in [5, 5.41) is 0. The van der Waals surface area contributed by atoms with Gasteiger partial charge in [-0.15, -0.1) is 0 Å². The minimum atomic E-state index is -0.404. The Labute approximate surface area is 112 Å². The summed E-state index contributed by atoms with van der Waals surface area (Å²) in [7, 11) is 1.64. The number of hydrogen-bond acceptors (Lipinski definition) is 4. The smallest absolute Gasteiger partial charge is 0.215 e. The number of ether oxygens (including phenoxy) is 1. The van der Waals surface area contributed by atoms with Crippen LogP contribution in [-0.4, -0.2) is 12.1 Å². The number of fused-ring (bicyclic) bond motifs is 1. The molecular weight excluding hydrogens is 240 g/mol. The average Bonchev–Trinajstić information content (AvgIpc) is 2.86. The van der Waals surface area contributed by atoms with Crippen molar-refractivity contribution in [2.24, 2.45) is 11.7 Å². The van der Waals surface area contributed by atoms with Gasteiger partial charge < -0.3 is 14.9 Å². The molecule has 3 rings (SSSR count). The van der Waals surface area contributed by atoms with Crippen LogP contribution >= 0.6 is 0 Å². The number of benzene rings is 1. The Morgan fingerprint density at radius 1 is 1.37 bits per heavy atom. The molecule has 0 amide bonds. The molecule has 0 spiro atoms. The topological polar surface area (TPSA) is 61.3 Å². The van der Waals surface area contributed by atoms with Gasteiger partial charge in [0.15, 0.2) is 5.58 Å². The lowest BCUT2D eigenvalue weighted by molar-refractivity contribution is 0.209. The van der Waals surface area contributed by atoms with Gasteiger partial charge in [-0.2, -0.15) is 0 Å². The van der Waals surface area contributed by atoms with Gasteiger partial charge in [-0.1, -0.05) is 6.92 Å². The van der Waals surface area contributed by atoms with Crippen LogP contribution in [0, 0.1) is 5.92 Å². The van der Waals surface area contributed by atoms with Gasteiger partial charge in [-0.3, -0.25) is 0 Å². The summed E-state index contributed by atoms with van der Waals surface area (Å²) in [5.74, 6) is 2.20. The molecule has 1 saturated carbocycles. The second-order valence-corrected chi connectivity index (χ2v) is 5.69. The Balaban J connectivity index is 1.96. The van der Waals surface area contributed by atoms with Gasteiger partial charge in [-0.05, 0) is 43.7 Å². The number of nitrogens with zero attached hydrogens (tertiary/aromatic N) is 1. The van der Waals surface area contributed by atoms with Gasteiger partial charge >= 0.3 is 0 Å². The predicted molar refractivity (Wildman–Crippen MR) is 74.1 cm³/mol. The normalized spacial score (nSPS) is 27.6. The standard InChI is InChI=1S/C15H20N2O2/c1-10-5-7-15(16,8-6-10)14-17-12-4-3-11(18-2)9-13(12)19-14/h3-4,9-10H,5-8,16H2,1-2H3. The van der Waals surface area contributed by atoms with Gasteiger partial charge in [0.05, 0.1) is 12.6 Å². The molecule has 1 aromatic carbocycles. The summed E-state index contributed by atoms with van der Waals surface area (Å²) >= 11 is 0. The third-order valence-corrected chi connectivity index (χ3v) is 4.19. The van der Waals surface area contributed by atoms with Crippen molar-refractivity contribution in [2.75, 3.05) is 7.11 Å². The molecule has 1 aliphatic rings. The van der Waals surface area contributed by atoms with Crippen molar-refractivity contribution in [3.05, 3.63) is 24.1 Å². The summed E-state index contributed by atoms with van der Waals surface area (Å²) in [6.45, 7) is 2.27. The maximum absolute atomic E-state index is 6.49. The van der Waals surface area contributed by atoms with E-state index in [4.69, 9.17) is 14.9 Å². The molecular formula is C15H20N2O2. The first-order valence-electron chi connectivity index (χ1n) is 6.85. The summed E-state index contributed by atoms with van der Waals surface area (Å²) in [6.07, 6.45) is 4.16. The lowest BCUT2D eigenvalue weighted by atomic mass is 9.78. The molecule has 2 N–H and O–H groups in total. The average molecular weight is 260 g/mol. The summed E-state index contributed by atoms with van der Waals surface area (Å²) < 4.78 is 11.1. The first-order chi connectivity index (χ1) is 9.10. The van der Waals surface area contributed by atoms with Crippen LogP contribution in [0.4, 0.5) is 0 Å². The van der Waals surface area contributed by atoms with E-state index in [1.54, 1.807) is 7.11 Å². The monoisotopic (exact) mass is 260 g/mol. The van der Waals surface area contributed by atoms with Crippen LogP contribution in [0.5, 0.6) is 5.75 Å². The molecule has 1 aromatic heterocycles. The third kappa shape index (κ3) is 2.21. The Morgan fingerprint density at radius 2 is 2.11 bits per heavy atom. The molecule has 102 valence electrons. The van der Waals surface area contributed by atoms with E-state index >= 15 is 0 Å². The van der Waals surface area contributed by atoms with Crippen LogP contribution in [-0.2, 0) is 5.54 Å². The number of rotatable bonds is 2. The van der Waals surface area contributed by atoms with E-state index in [9.17, 15) is 0 Å². The van der Waals surface area contributed by atoms with Crippen molar-refractivity contribution in [2.45, 2.75) is 38.1 Å². The molecule has 0 aliphatic heterocycles. The molecule has 0 saturated heterocycles. The van der Waals surface area contributed by atoms with Crippen molar-refractivity contribution in [3.63, 3.8) is 0 Å². The molecule has 4 nitrogen and oxygen atoms in total. The minimum absolute atomic E-state index is 0.404. The molecule has 4 heteroatoms. The van der Waals surface area contributed by atoms with Crippen LogP contribution in [0.15, 0.2) is 22.6 Å². The highest BCUT2D eigenvalue weighted by molar-refractivity contribution is 5.74. The van der Waals surface area contributed by atoms with E-state index in [1.807, 2.05) is 18.2 Å². The molecule has 1 fully saturated rings. The highest BCUT2D eigenvalue weighted by Gasteiger charge is 2.36. The van der Waals surface area contributed by atoms with E-state index < -0.39 is 5.54 Å². The number of nitrogens with two attached hydrogens (primary N) is 1. The van der Waals surface area contributed by atoms with Gasteiger partial charge in [-0.25, -0.2) is 4.98 Å². The van der Waals surface area contributed by atoms with Crippen LogP contribution in [0.3, 0.4) is 0 Å². The van der Waals surface area contributed by atoms with Gasteiger partial charge in [0, 0.05) is 6.07 Å². The minimum Gasteiger partial charge on any atom is -0.497 e. The quantitative estimate of drug-likeness (QED) is 0.900. The Bertz CT molecular complexity index is 583. The van der Waals surface area contributed by atoms with Crippen LogP contribution in [0.1, 0.15) is 38.5 Å². The van der Waals surface area contributed by atoms with E-state index in [0.717, 1.165) is 48.5 Å². The lowest BCUT2D eigenvalue weighted by Gasteiger charge is -2.33. The number of oxazole rings is 1. The summed E-state index contributed by atoms with van der Waals surface area (Å²) in [6, 6.07) is 5.66. The van der Waals surface area contributed by atoms with Crippen LogP contribution in [0.2, 0.25) is 0 Å². The largest absolute Gasteiger partial charge is 0.497 e. The molecule has 0 unspecified atom stereocenters. The molecule has 19 heavy (non-hydrogen) atoms. The fraction of sp³-hybridized carbons (Fsp3) is 0.533. The van der Waals surface area contributed by atoms with Gasteiger partial charge in [0.2, 0.25) is 5.89 Å². The van der Waals surface area contributed by atoms with Crippen molar-refractivity contribution in [3.8, 4) is 5.75 Å². The molecule has 0 bridgehead atoms. The van der Waals surface area contributed by atoms with E-state index in [2.05, 4.69) is 11.9 Å². The zero-order valence-corrected chi connectivity index (χ0v) is 11.5. The van der Waals surface area contributed by atoms with Gasteiger partial charge in [0.1, 0.15) is 11.3 Å². The van der Waals surface area contributed by atoms with Crippen molar-refractivity contribution < 1.29 is 9.15 Å². The molecule has 1 heterocycles. The maximum Gasteiger partial charge on any atom is 0.215 e. The highest BCUT2D eigenvalue weighted by atomic mass is 16.5.